The molecule has 1 heterocycles. The van der Waals surface area contributed by atoms with E-state index in [4.69, 9.17) is 4.74 Å². The molecule has 1 aromatic rings. The zero-order chi connectivity index (χ0) is 14.3. The lowest BCUT2D eigenvalue weighted by molar-refractivity contribution is 0.0937. The monoisotopic (exact) mass is 264 g/mol. The number of pyridine rings is 1. The Morgan fingerprint density at radius 2 is 2.05 bits per heavy atom. The standard InChI is InChI=1S/C15H24N2O2/c1-5-19-14-9-8-13(10-16-14)15(18)17-12(4)7-6-11(2)3/h8-12H,5-7H2,1-4H3,(H,17,18). The molecule has 0 aliphatic rings. The van der Waals surface area contributed by atoms with Crippen LogP contribution in [0.1, 0.15) is 50.9 Å². The molecule has 4 nitrogen and oxygen atoms in total. The average Bonchev–Trinajstić information content (AvgIpc) is 2.37. The van der Waals surface area contributed by atoms with E-state index < -0.39 is 0 Å². The highest BCUT2D eigenvalue weighted by Crippen LogP contribution is 2.09. The van der Waals surface area contributed by atoms with Gasteiger partial charge in [0.1, 0.15) is 0 Å². The lowest BCUT2D eigenvalue weighted by Gasteiger charge is -2.15. The van der Waals surface area contributed by atoms with Gasteiger partial charge in [-0.3, -0.25) is 4.79 Å². The molecule has 0 saturated carbocycles. The minimum atomic E-state index is -0.0770. The third-order valence-corrected chi connectivity index (χ3v) is 2.85. The van der Waals surface area contributed by atoms with Crippen LogP contribution in [0.4, 0.5) is 0 Å². The summed E-state index contributed by atoms with van der Waals surface area (Å²) >= 11 is 0. The molecule has 1 N–H and O–H groups in total. The molecule has 0 fully saturated rings. The van der Waals surface area contributed by atoms with Crippen molar-refractivity contribution in [3.05, 3.63) is 23.9 Å². The minimum Gasteiger partial charge on any atom is -0.478 e. The van der Waals surface area contributed by atoms with Gasteiger partial charge in [-0.2, -0.15) is 0 Å². The summed E-state index contributed by atoms with van der Waals surface area (Å²) in [6.45, 7) is 8.88. The van der Waals surface area contributed by atoms with Crippen molar-refractivity contribution in [1.29, 1.82) is 0 Å². The van der Waals surface area contributed by atoms with Gasteiger partial charge in [0.2, 0.25) is 5.88 Å². The normalized spacial score (nSPS) is 12.3. The van der Waals surface area contributed by atoms with Crippen LogP contribution in [0.15, 0.2) is 18.3 Å². The lowest BCUT2D eigenvalue weighted by atomic mass is 10.0. The zero-order valence-electron chi connectivity index (χ0n) is 12.3. The van der Waals surface area contributed by atoms with E-state index in [1.54, 1.807) is 18.3 Å². The largest absolute Gasteiger partial charge is 0.478 e. The first kappa shape index (κ1) is 15.5. The van der Waals surface area contributed by atoms with Gasteiger partial charge in [0.15, 0.2) is 0 Å². The zero-order valence-corrected chi connectivity index (χ0v) is 12.3. The van der Waals surface area contributed by atoms with Gasteiger partial charge >= 0.3 is 0 Å². The Hall–Kier alpha value is -1.58. The molecule has 1 unspecified atom stereocenters. The van der Waals surface area contributed by atoms with Gasteiger partial charge in [0.05, 0.1) is 12.2 Å². The van der Waals surface area contributed by atoms with Crippen molar-refractivity contribution >= 4 is 5.91 Å². The summed E-state index contributed by atoms with van der Waals surface area (Å²) in [6, 6.07) is 3.64. The van der Waals surface area contributed by atoms with Crippen LogP contribution in [0.25, 0.3) is 0 Å². The summed E-state index contributed by atoms with van der Waals surface area (Å²) in [4.78, 5) is 16.1. The number of nitrogens with one attached hydrogen (secondary N) is 1. The number of carbonyl (C=O) groups excluding carboxylic acids is 1. The topological polar surface area (TPSA) is 51.2 Å². The second-order valence-electron chi connectivity index (χ2n) is 5.16. The highest BCUT2D eigenvalue weighted by atomic mass is 16.5. The first-order valence-corrected chi connectivity index (χ1v) is 6.92. The molecule has 0 radical (unpaired) electrons. The van der Waals surface area contributed by atoms with Gasteiger partial charge in [0, 0.05) is 18.3 Å². The van der Waals surface area contributed by atoms with Crippen molar-refractivity contribution in [2.75, 3.05) is 6.61 Å². The van der Waals surface area contributed by atoms with E-state index in [-0.39, 0.29) is 11.9 Å². The molecule has 0 bridgehead atoms. The molecule has 1 rings (SSSR count). The van der Waals surface area contributed by atoms with Gasteiger partial charge in [-0.1, -0.05) is 13.8 Å². The number of rotatable bonds is 7. The molecule has 1 aromatic heterocycles. The quantitative estimate of drug-likeness (QED) is 0.823. The first-order valence-electron chi connectivity index (χ1n) is 6.92. The number of ether oxygens (including phenoxy) is 1. The van der Waals surface area contributed by atoms with E-state index in [0.717, 1.165) is 12.8 Å². The molecule has 1 atom stereocenters. The van der Waals surface area contributed by atoms with Crippen molar-refractivity contribution in [2.45, 2.75) is 46.6 Å². The number of hydrogen-bond acceptors (Lipinski definition) is 3. The number of nitrogens with zero attached hydrogens (tertiary/aromatic N) is 1. The van der Waals surface area contributed by atoms with Crippen LogP contribution in [0.3, 0.4) is 0 Å². The van der Waals surface area contributed by atoms with Crippen LogP contribution >= 0.6 is 0 Å². The van der Waals surface area contributed by atoms with Gasteiger partial charge in [-0.15, -0.1) is 0 Å². The lowest BCUT2D eigenvalue weighted by Crippen LogP contribution is -2.32. The minimum absolute atomic E-state index is 0.0770. The Morgan fingerprint density at radius 3 is 2.58 bits per heavy atom. The van der Waals surface area contributed by atoms with Crippen molar-refractivity contribution in [3.8, 4) is 5.88 Å². The third-order valence-electron chi connectivity index (χ3n) is 2.85. The van der Waals surface area contributed by atoms with Crippen LogP contribution in [-0.2, 0) is 0 Å². The fraction of sp³-hybridized carbons (Fsp3) is 0.600. The van der Waals surface area contributed by atoms with Gasteiger partial charge < -0.3 is 10.1 Å². The maximum absolute atomic E-state index is 12.0. The Bertz CT molecular complexity index is 388. The predicted molar refractivity (Wildman–Crippen MR) is 76.4 cm³/mol. The highest BCUT2D eigenvalue weighted by molar-refractivity contribution is 5.94. The maximum atomic E-state index is 12.0. The number of aromatic nitrogens is 1. The molecule has 0 saturated heterocycles. The fourth-order valence-electron chi connectivity index (χ4n) is 1.71. The molecule has 0 spiro atoms. The van der Waals surface area contributed by atoms with Crippen LogP contribution in [0.5, 0.6) is 5.88 Å². The second-order valence-corrected chi connectivity index (χ2v) is 5.16. The van der Waals surface area contributed by atoms with Gasteiger partial charge in [-0.05, 0) is 38.7 Å². The Labute approximate surface area is 115 Å². The van der Waals surface area contributed by atoms with Crippen molar-refractivity contribution < 1.29 is 9.53 Å². The smallest absolute Gasteiger partial charge is 0.253 e. The molecule has 0 aromatic carbocycles. The van der Waals surface area contributed by atoms with E-state index in [2.05, 4.69) is 24.1 Å². The van der Waals surface area contributed by atoms with Crippen LogP contribution in [-0.4, -0.2) is 23.5 Å². The molecule has 106 valence electrons. The molecular weight excluding hydrogens is 240 g/mol. The molecule has 4 heteroatoms. The van der Waals surface area contributed by atoms with E-state index in [1.165, 1.54) is 0 Å². The molecule has 0 aliphatic carbocycles. The first-order chi connectivity index (χ1) is 9.02. The summed E-state index contributed by atoms with van der Waals surface area (Å²) in [5.41, 5.74) is 0.569. The molecule has 0 aliphatic heterocycles. The Morgan fingerprint density at radius 1 is 1.32 bits per heavy atom. The van der Waals surface area contributed by atoms with E-state index in [9.17, 15) is 4.79 Å². The summed E-state index contributed by atoms with van der Waals surface area (Å²) in [5.74, 6) is 1.13. The van der Waals surface area contributed by atoms with E-state index >= 15 is 0 Å². The maximum Gasteiger partial charge on any atom is 0.253 e. The average molecular weight is 264 g/mol. The summed E-state index contributed by atoms with van der Waals surface area (Å²) in [5, 5.41) is 2.98. The van der Waals surface area contributed by atoms with Gasteiger partial charge in [-0.25, -0.2) is 4.98 Å². The van der Waals surface area contributed by atoms with E-state index in [1.807, 2.05) is 13.8 Å². The number of carbonyl (C=O) groups is 1. The van der Waals surface area contributed by atoms with Crippen LogP contribution < -0.4 is 10.1 Å². The number of amides is 1. The second kappa shape index (κ2) is 7.77. The molecule has 1 amide bonds. The summed E-state index contributed by atoms with van der Waals surface area (Å²) in [7, 11) is 0. The fourth-order valence-corrected chi connectivity index (χ4v) is 1.71. The number of hydrogen-bond donors (Lipinski definition) is 1. The predicted octanol–water partition coefficient (Wildman–Crippen LogP) is 3.03. The Kier molecular flexibility index (Phi) is 6.33. The SMILES string of the molecule is CCOc1ccc(C(=O)NC(C)CCC(C)C)cn1. The third kappa shape index (κ3) is 5.73. The molecular formula is C15H24N2O2. The van der Waals surface area contributed by atoms with Crippen molar-refractivity contribution in [3.63, 3.8) is 0 Å². The summed E-state index contributed by atoms with van der Waals surface area (Å²) in [6.07, 6.45) is 3.66. The van der Waals surface area contributed by atoms with Crippen molar-refractivity contribution in [2.24, 2.45) is 5.92 Å². The molecule has 19 heavy (non-hydrogen) atoms. The van der Waals surface area contributed by atoms with Crippen molar-refractivity contribution in [1.82, 2.24) is 10.3 Å². The van der Waals surface area contributed by atoms with Crippen LogP contribution in [0.2, 0.25) is 0 Å². The van der Waals surface area contributed by atoms with Crippen LogP contribution in [0, 0.1) is 5.92 Å². The Balaban J connectivity index is 2.48. The van der Waals surface area contributed by atoms with E-state index in [0.29, 0.717) is 24.0 Å². The highest BCUT2D eigenvalue weighted by Gasteiger charge is 2.10. The summed E-state index contributed by atoms with van der Waals surface area (Å²) < 4.78 is 5.24. The van der Waals surface area contributed by atoms with Gasteiger partial charge in [0.25, 0.3) is 5.91 Å².